The number of nitrogens with zero attached hydrogens (tertiary/aromatic N) is 2. The summed E-state index contributed by atoms with van der Waals surface area (Å²) >= 11 is 5.91. The quantitative estimate of drug-likeness (QED) is 0.638. The van der Waals surface area contributed by atoms with E-state index in [2.05, 4.69) is 0 Å². The van der Waals surface area contributed by atoms with E-state index in [-0.39, 0.29) is 23.2 Å². The zero-order valence-corrected chi connectivity index (χ0v) is 17.9. The van der Waals surface area contributed by atoms with Crippen molar-refractivity contribution in [1.82, 2.24) is 15.8 Å². The van der Waals surface area contributed by atoms with Crippen molar-refractivity contribution in [2.75, 3.05) is 31.2 Å². The van der Waals surface area contributed by atoms with Crippen LogP contribution in [0.2, 0.25) is 5.02 Å². The van der Waals surface area contributed by atoms with Crippen molar-refractivity contribution in [1.29, 1.82) is 0 Å². The highest BCUT2D eigenvalue weighted by Crippen LogP contribution is 2.25. The molecule has 2 N–H and O–H groups in total. The van der Waals surface area contributed by atoms with Gasteiger partial charge < -0.3 is 9.64 Å². The van der Waals surface area contributed by atoms with E-state index < -0.39 is 24.1 Å². The minimum Gasteiger partial charge on any atom is -0.378 e. The van der Waals surface area contributed by atoms with Crippen LogP contribution < -0.4 is 15.8 Å². The number of hydrogen-bond acceptors (Lipinski definition) is 4. The van der Waals surface area contributed by atoms with Crippen LogP contribution in [0.25, 0.3) is 0 Å². The Balaban J connectivity index is 1.76. The highest BCUT2D eigenvalue weighted by Gasteiger charge is 2.25. The van der Waals surface area contributed by atoms with Crippen molar-refractivity contribution < 1.29 is 32.3 Å². The molecule has 0 saturated carbocycles. The van der Waals surface area contributed by atoms with Gasteiger partial charge in [0.05, 0.1) is 24.8 Å². The van der Waals surface area contributed by atoms with Crippen molar-refractivity contribution in [3.05, 3.63) is 64.4 Å². The Labute approximate surface area is 192 Å². The molecule has 0 aromatic heterocycles. The van der Waals surface area contributed by atoms with Crippen molar-refractivity contribution in [2.45, 2.75) is 13.0 Å². The Morgan fingerprint density at radius 2 is 1.73 bits per heavy atom. The maximum Gasteiger partial charge on any atom is 0.324 e. The first-order valence-corrected chi connectivity index (χ1v) is 10.2. The average Bonchev–Trinajstić information content (AvgIpc) is 2.83. The molecule has 0 aliphatic carbocycles. The standard InChI is InChI=1S/C21H20ClF3N4O4/c22-16-11-15(5-6-17(16)23)29(21(32)28-7-9-33-10-8-28)12-13-1-3-14(4-2-13)19(30)26-27-20(31)18(24)25/h1-6,11,18H,7-10,12H2,(H,26,30)(H,27,31). The molecule has 3 rings (SSSR count). The van der Waals surface area contributed by atoms with E-state index in [1.807, 2.05) is 5.43 Å². The molecule has 0 spiro atoms. The van der Waals surface area contributed by atoms with Gasteiger partial charge in [0.1, 0.15) is 5.82 Å². The number of morpholine rings is 1. The Kier molecular flexibility index (Phi) is 8.12. The van der Waals surface area contributed by atoms with Crippen LogP contribution in [0, 0.1) is 5.82 Å². The molecule has 0 radical (unpaired) electrons. The molecule has 1 aliphatic rings. The summed E-state index contributed by atoms with van der Waals surface area (Å²) in [6.45, 7) is 1.68. The number of hydrazine groups is 1. The van der Waals surface area contributed by atoms with Gasteiger partial charge in [0.2, 0.25) is 0 Å². The smallest absolute Gasteiger partial charge is 0.324 e. The van der Waals surface area contributed by atoms with E-state index >= 15 is 0 Å². The summed E-state index contributed by atoms with van der Waals surface area (Å²) in [5.74, 6) is -3.04. The number of urea groups is 1. The molecule has 176 valence electrons. The molecule has 1 saturated heterocycles. The van der Waals surface area contributed by atoms with Crippen LogP contribution in [0.5, 0.6) is 0 Å². The summed E-state index contributed by atoms with van der Waals surface area (Å²) in [6, 6.07) is 9.58. The molecule has 12 heteroatoms. The summed E-state index contributed by atoms with van der Waals surface area (Å²) < 4.78 is 43.4. The Morgan fingerprint density at radius 3 is 2.33 bits per heavy atom. The number of carbonyl (C=O) groups excluding carboxylic acids is 3. The maximum atomic E-state index is 13.7. The fourth-order valence-electron chi connectivity index (χ4n) is 3.04. The summed E-state index contributed by atoms with van der Waals surface area (Å²) in [6.07, 6.45) is -3.26. The van der Waals surface area contributed by atoms with Crippen molar-refractivity contribution in [3.8, 4) is 0 Å². The number of halogens is 4. The molecule has 1 aliphatic heterocycles. The number of anilines is 1. The number of benzene rings is 2. The van der Waals surface area contributed by atoms with E-state index in [4.69, 9.17) is 16.3 Å². The number of rotatable bonds is 5. The molecule has 8 nitrogen and oxygen atoms in total. The number of ether oxygens (including phenoxy) is 1. The predicted molar refractivity (Wildman–Crippen MR) is 113 cm³/mol. The van der Waals surface area contributed by atoms with Crippen LogP contribution in [-0.2, 0) is 16.1 Å². The van der Waals surface area contributed by atoms with Gasteiger partial charge in [0.15, 0.2) is 0 Å². The number of alkyl halides is 2. The Morgan fingerprint density at radius 1 is 1.06 bits per heavy atom. The highest BCUT2D eigenvalue weighted by atomic mass is 35.5. The average molecular weight is 485 g/mol. The first-order valence-electron chi connectivity index (χ1n) is 9.83. The normalized spacial score (nSPS) is 13.5. The van der Waals surface area contributed by atoms with Gasteiger partial charge >= 0.3 is 18.4 Å². The number of carbonyl (C=O) groups is 3. The minimum absolute atomic E-state index is 0.0855. The maximum absolute atomic E-state index is 13.7. The summed E-state index contributed by atoms with van der Waals surface area (Å²) in [7, 11) is 0. The lowest BCUT2D eigenvalue weighted by molar-refractivity contribution is -0.132. The Bertz CT molecular complexity index is 1020. The van der Waals surface area contributed by atoms with Gasteiger partial charge in [-0.2, -0.15) is 8.78 Å². The van der Waals surface area contributed by atoms with Crippen LogP contribution in [0.15, 0.2) is 42.5 Å². The highest BCUT2D eigenvalue weighted by molar-refractivity contribution is 6.31. The van der Waals surface area contributed by atoms with E-state index in [9.17, 15) is 27.6 Å². The zero-order valence-electron chi connectivity index (χ0n) is 17.2. The van der Waals surface area contributed by atoms with Crippen LogP contribution in [0.1, 0.15) is 15.9 Å². The van der Waals surface area contributed by atoms with E-state index in [0.717, 1.165) is 0 Å². The van der Waals surface area contributed by atoms with Gasteiger partial charge in [-0.25, -0.2) is 9.18 Å². The molecule has 0 atom stereocenters. The molecule has 2 aromatic carbocycles. The molecule has 0 unspecified atom stereocenters. The van der Waals surface area contributed by atoms with Gasteiger partial charge in [-0.05, 0) is 35.9 Å². The fourth-order valence-corrected chi connectivity index (χ4v) is 3.21. The second kappa shape index (κ2) is 11.0. The zero-order chi connectivity index (χ0) is 24.0. The molecule has 1 heterocycles. The minimum atomic E-state index is -3.26. The SMILES string of the molecule is O=C(NNC(=O)C(F)F)c1ccc(CN(C(=O)N2CCOCC2)c2ccc(F)c(Cl)c2)cc1. The summed E-state index contributed by atoms with van der Waals surface area (Å²) in [5, 5.41) is -0.134. The van der Waals surface area contributed by atoms with Crippen molar-refractivity contribution in [3.63, 3.8) is 0 Å². The summed E-state index contributed by atoms with van der Waals surface area (Å²) in [5.41, 5.74) is 4.61. The topological polar surface area (TPSA) is 91.0 Å². The predicted octanol–water partition coefficient (Wildman–Crippen LogP) is 2.96. The van der Waals surface area contributed by atoms with Crippen molar-refractivity contribution in [2.24, 2.45) is 0 Å². The first-order chi connectivity index (χ1) is 15.8. The molecule has 0 bridgehead atoms. The lowest BCUT2D eigenvalue weighted by atomic mass is 10.1. The van der Waals surface area contributed by atoms with Crippen LogP contribution >= 0.6 is 11.6 Å². The molecule has 1 fully saturated rings. The lowest BCUT2D eigenvalue weighted by Crippen LogP contribution is -2.48. The third-order valence-electron chi connectivity index (χ3n) is 4.78. The van der Waals surface area contributed by atoms with Gasteiger partial charge in [-0.15, -0.1) is 0 Å². The molecule has 33 heavy (non-hydrogen) atoms. The van der Waals surface area contributed by atoms with Crippen LogP contribution in [-0.4, -0.2) is 55.5 Å². The third-order valence-corrected chi connectivity index (χ3v) is 5.07. The lowest BCUT2D eigenvalue weighted by Gasteiger charge is -2.33. The van der Waals surface area contributed by atoms with Crippen LogP contribution in [0.3, 0.4) is 0 Å². The molecular formula is C21H20ClF3N4O4. The van der Waals surface area contributed by atoms with Gasteiger partial charge in [-0.3, -0.25) is 25.3 Å². The molecule has 2 aromatic rings. The second-order valence-electron chi connectivity index (χ2n) is 7.01. The van der Waals surface area contributed by atoms with Gasteiger partial charge in [-0.1, -0.05) is 23.7 Å². The summed E-state index contributed by atoms with van der Waals surface area (Å²) in [4.78, 5) is 39.1. The fraction of sp³-hybridized carbons (Fsp3) is 0.286. The second-order valence-corrected chi connectivity index (χ2v) is 7.41. The monoisotopic (exact) mass is 484 g/mol. The number of amides is 4. The largest absolute Gasteiger partial charge is 0.378 e. The van der Waals surface area contributed by atoms with E-state index in [1.54, 1.807) is 22.5 Å². The number of hydrogen-bond donors (Lipinski definition) is 2. The molecular weight excluding hydrogens is 465 g/mol. The van der Waals surface area contributed by atoms with Gasteiger partial charge in [0, 0.05) is 24.3 Å². The van der Waals surface area contributed by atoms with E-state index in [0.29, 0.717) is 37.6 Å². The number of nitrogens with one attached hydrogen (secondary N) is 2. The Hall–Kier alpha value is -3.31. The van der Waals surface area contributed by atoms with Crippen LogP contribution in [0.4, 0.5) is 23.7 Å². The molecule has 4 amide bonds. The van der Waals surface area contributed by atoms with Crippen molar-refractivity contribution >= 4 is 35.1 Å². The van der Waals surface area contributed by atoms with Gasteiger partial charge in [0.25, 0.3) is 5.91 Å². The third kappa shape index (κ3) is 6.36. The van der Waals surface area contributed by atoms with E-state index in [1.165, 1.54) is 35.2 Å². The first kappa shape index (κ1) is 24.3.